The number of rotatable bonds is 4. The van der Waals surface area contributed by atoms with Crippen molar-refractivity contribution < 1.29 is 0 Å². The lowest BCUT2D eigenvalue weighted by Crippen LogP contribution is -2.59. The number of nitrogens with zero attached hydrogens (tertiary/aromatic N) is 3. The zero-order valence-electron chi connectivity index (χ0n) is 11.9. The molecule has 1 heterocycles. The van der Waals surface area contributed by atoms with E-state index in [2.05, 4.69) is 56.5 Å². The van der Waals surface area contributed by atoms with Crippen LogP contribution < -0.4 is 0 Å². The maximum atomic E-state index is 2.65. The van der Waals surface area contributed by atoms with E-state index in [0.29, 0.717) is 18.1 Å². The lowest BCUT2D eigenvalue weighted by atomic mass is 10.1. The van der Waals surface area contributed by atoms with Gasteiger partial charge in [0.15, 0.2) is 0 Å². The zero-order chi connectivity index (χ0) is 12.3. The average molecular weight is 227 g/mol. The highest BCUT2D eigenvalue weighted by Crippen LogP contribution is 2.15. The Morgan fingerprint density at radius 3 is 2.12 bits per heavy atom. The first-order chi connectivity index (χ1) is 7.41. The van der Waals surface area contributed by atoms with Crippen LogP contribution >= 0.6 is 0 Å². The van der Waals surface area contributed by atoms with Crippen molar-refractivity contribution in [2.75, 3.05) is 40.3 Å². The maximum absolute atomic E-state index is 2.65. The summed E-state index contributed by atoms with van der Waals surface area (Å²) in [5, 5.41) is 0. The smallest absolute Gasteiger partial charge is 0.0353 e. The van der Waals surface area contributed by atoms with Gasteiger partial charge < -0.3 is 4.90 Å². The fraction of sp³-hybridized carbons (Fsp3) is 1.00. The van der Waals surface area contributed by atoms with Gasteiger partial charge in [0.1, 0.15) is 0 Å². The number of hydrogen-bond donors (Lipinski definition) is 0. The van der Waals surface area contributed by atoms with Crippen LogP contribution in [0.15, 0.2) is 0 Å². The molecule has 0 saturated carbocycles. The topological polar surface area (TPSA) is 9.72 Å². The minimum absolute atomic E-state index is 0.666. The number of piperazine rings is 1. The quantitative estimate of drug-likeness (QED) is 0.718. The maximum Gasteiger partial charge on any atom is 0.0353 e. The normalized spacial score (nSPS) is 24.9. The largest absolute Gasteiger partial charge is 0.308 e. The first-order valence-electron chi connectivity index (χ1n) is 6.56. The Balaban J connectivity index is 2.61. The van der Waals surface area contributed by atoms with Crippen molar-refractivity contribution in [3.63, 3.8) is 0 Å². The van der Waals surface area contributed by atoms with E-state index in [1.807, 2.05) is 0 Å². The molecule has 0 spiro atoms. The summed E-state index contributed by atoms with van der Waals surface area (Å²) < 4.78 is 0. The summed E-state index contributed by atoms with van der Waals surface area (Å²) >= 11 is 0. The highest BCUT2D eigenvalue weighted by molar-refractivity contribution is 4.86. The van der Waals surface area contributed by atoms with E-state index in [4.69, 9.17) is 0 Å². The molecule has 0 aliphatic carbocycles. The van der Waals surface area contributed by atoms with Crippen LogP contribution in [0.3, 0.4) is 0 Å². The summed E-state index contributed by atoms with van der Waals surface area (Å²) in [5.41, 5.74) is 0. The summed E-state index contributed by atoms with van der Waals surface area (Å²) in [4.78, 5) is 7.57. The first-order valence-corrected chi connectivity index (χ1v) is 6.56. The second kappa shape index (κ2) is 5.99. The lowest BCUT2D eigenvalue weighted by Gasteiger charge is -2.45. The molecule has 1 atom stereocenters. The van der Waals surface area contributed by atoms with Gasteiger partial charge in [-0.1, -0.05) is 0 Å². The molecule has 16 heavy (non-hydrogen) atoms. The van der Waals surface area contributed by atoms with E-state index in [1.165, 1.54) is 26.2 Å². The van der Waals surface area contributed by atoms with Crippen molar-refractivity contribution in [2.24, 2.45) is 0 Å². The molecule has 0 aromatic heterocycles. The summed E-state index contributed by atoms with van der Waals surface area (Å²) in [5.74, 6) is 0. The Morgan fingerprint density at radius 2 is 1.69 bits per heavy atom. The van der Waals surface area contributed by atoms with Crippen LogP contribution in [-0.2, 0) is 0 Å². The molecule has 1 rings (SSSR count). The molecule has 0 aromatic rings. The van der Waals surface area contributed by atoms with Gasteiger partial charge in [0.05, 0.1) is 0 Å². The van der Waals surface area contributed by atoms with Crippen molar-refractivity contribution >= 4 is 0 Å². The summed E-state index contributed by atoms with van der Waals surface area (Å²) in [7, 11) is 4.35. The summed E-state index contributed by atoms with van der Waals surface area (Å²) in [6, 6.07) is 2.03. The third-order valence-electron chi connectivity index (χ3n) is 3.53. The third kappa shape index (κ3) is 3.72. The molecule has 0 aromatic carbocycles. The molecule has 1 unspecified atom stereocenters. The van der Waals surface area contributed by atoms with Gasteiger partial charge in [-0.2, -0.15) is 0 Å². The molecule has 1 fully saturated rings. The Kier molecular flexibility index (Phi) is 5.22. The summed E-state index contributed by atoms with van der Waals surface area (Å²) in [6.07, 6.45) is 0. The van der Waals surface area contributed by atoms with Crippen LogP contribution in [0.1, 0.15) is 27.7 Å². The van der Waals surface area contributed by atoms with Crippen LogP contribution in [0.4, 0.5) is 0 Å². The monoisotopic (exact) mass is 227 g/mol. The SMILES string of the molecule is CC(C)N1CCN(C(C)C)C(CN(C)C)C1. The van der Waals surface area contributed by atoms with Crippen molar-refractivity contribution in [2.45, 2.75) is 45.8 Å². The second-order valence-corrected chi connectivity index (χ2v) is 5.84. The Morgan fingerprint density at radius 1 is 1.06 bits per heavy atom. The van der Waals surface area contributed by atoms with Crippen molar-refractivity contribution in [3.05, 3.63) is 0 Å². The van der Waals surface area contributed by atoms with Gasteiger partial charge in [-0.3, -0.25) is 9.80 Å². The van der Waals surface area contributed by atoms with Gasteiger partial charge in [0, 0.05) is 44.3 Å². The van der Waals surface area contributed by atoms with Crippen LogP contribution in [-0.4, -0.2) is 73.1 Å². The first kappa shape index (κ1) is 13.9. The van der Waals surface area contributed by atoms with E-state index >= 15 is 0 Å². The van der Waals surface area contributed by atoms with E-state index in [1.54, 1.807) is 0 Å². The molecule has 3 nitrogen and oxygen atoms in total. The van der Waals surface area contributed by atoms with Crippen LogP contribution in [0, 0.1) is 0 Å². The molecular formula is C13H29N3. The zero-order valence-corrected chi connectivity index (χ0v) is 11.9. The molecule has 96 valence electrons. The van der Waals surface area contributed by atoms with E-state index < -0.39 is 0 Å². The minimum atomic E-state index is 0.666. The van der Waals surface area contributed by atoms with Crippen LogP contribution in [0.5, 0.6) is 0 Å². The molecule has 0 amide bonds. The van der Waals surface area contributed by atoms with Crippen molar-refractivity contribution in [3.8, 4) is 0 Å². The van der Waals surface area contributed by atoms with Crippen molar-refractivity contribution in [1.82, 2.24) is 14.7 Å². The van der Waals surface area contributed by atoms with E-state index in [-0.39, 0.29) is 0 Å². The van der Waals surface area contributed by atoms with E-state index in [0.717, 1.165) is 0 Å². The standard InChI is InChI=1S/C13H29N3/c1-11(2)15-7-8-16(12(3)4)13(10-15)9-14(5)6/h11-13H,7-10H2,1-6H3. The summed E-state index contributed by atoms with van der Waals surface area (Å²) in [6.45, 7) is 14.1. The van der Waals surface area contributed by atoms with Gasteiger partial charge in [-0.05, 0) is 41.8 Å². The van der Waals surface area contributed by atoms with Crippen LogP contribution in [0.2, 0.25) is 0 Å². The molecule has 0 N–H and O–H groups in total. The van der Waals surface area contributed by atoms with Crippen molar-refractivity contribution in [1.29, 1.82) is 0 Å². The van der Waals surface area contributed by atoms with Gasteiger partial charge >= 0.3 is 0 Å². The second-order valence-electron chi connectivity index (χ2n) is 5.84. The van der Waals surface area contributed by atoms with Crippen LogP contribution in [0.25, 0.3) is 0 Å². The Bertz CT molecular complexity index is 201. The average Bonchev–Trinajstić information content (AvgIpc) is 2.15. The highest BCUT2D eigenvalue weighted by Gasteiger charge is 2.29. The van der Waals surface area contributed by atoms with Gasteiger partial charge in [0.25, 0.3) is 0 Å². The highest BCUT2D eigenvalue weighted by atomic mass is 15.3. The minimum Gasteiger partial charge on any atom is -0.308 e. The fourth-order valence-corrected chi connectivity index (χ4v) is 2.63. The van der Waals surface area contributed by atoms with Gasteiger partial charge in [0.2, 0.25) is 0 Å². The Labute approximate surface area is 101 Å². The molecule has 1 saturated heterocycles. The fourth-order valence-electron chi connectivity index (χ4n) is 2.63. The third-order valence-corrected chi connectivity index (χ3v) is 3.53. The van der Waals surface area contributed by atoms with E-state index in [9.17, 15) is 0 Å². The molecule has 1 aliphatic heterocycles. The lowest BCUT2D eigenvalue weighted by molar-refractivity contribution is 0.0252. The predicted molar refractivity (Wildman–Crippen MR) is 70.9 cm³/mol. The molecular weight excluding hydrogens is 198 g/mol. The molecule has 0 radical (unpaired) electrons. The molecule has 1 aliphatic rings. The Hall–Kier alpha value is -0.120. The number of hydrogen-bond acceptors (Lipinski definition) is 3. The molecule has 3 heteroatoms. The van der Waals surface area contributed by atoms with Gasteiger partial charge in [-0.25, -0.2) is 0 Å². The molecule has 0 bridgehead atoms. The number of likely N-dealkylation sites (N-methyl/N-ethyl adjacent to an activating group) is 1. The van der Waals surface area contributed by atoms with Gasteiger partial charge in [-0.15, -0.1) is 0 Å². The predicted octanol–water partition coefficient (Wildman–Crippen LogP) is 1.35.